The van der Waals surface area contributed by atoms with Gasteiger partial charge in [-0.3, -0.25) is 14.3 Å². The standard InChI is InChI=1S/C30H29N3O4/c1-32(2)29(35)21-37-25-16-13-23(14-17-25)27(34)18-15-24-20-33(19-22-9-5-4-6-10-22)31-30(24)26-11-7-8-12-28(26)36-3/h4-18,20H,19,21H2,1-3H3. The second kappa shape index (κ2) is 11.9. The summed E-state index contributed by atoms with van der Waals surface area (Å²) in [4.78, 5) is 26.1. The first-order valence-electron chi connectivity index (χ1n) is 11.8. The molecule has 0 atom stereocenters. The fourth-order valence-corrected chi connectivity index (χ4v) is 3.71. The van der Waals surface area contributed by atoms with Crippen LogP contribution in [0.4, 0.5) is 0 Å². The Bertz CT molecular complexity index is 1390. The Balaban J connectivity index is 1.56. The molecule has 37 heavy (non-hydrogen) atoms. The number of carbonyl (C=O) groups excluding carboxylic acids is 2. The molecule has 7 heteroatoms. The van der Waals surface area contributed by atoms with Crippen molar-refractivity contribution >= 4 is 17.8 Å². The molecule has 1 amide bonds. The lowest BCUT2D eigenvalue weighted by Crippen LogP contribution is -2.27. The molecule has 0 bridgehead atoms. The van der Waals surface area contributed by atoms with E-state index >= 15 is 0 Å². The van der Waals surface area contributed by atoms with Crippen molar-refractivity contribution in [2.24, 2.45) is 0 Å². The molecule has 0 spiro atoms. The van der Waals surface area contributed by atoms with E-state index in [1.807, 2.05) is 65.5 Å². The number of aromatic nitrogens is 2. The average molecular weight is 496 g/mol. The van der Waals surface area contributed by atoms with Crippen molar-refractivity contribution in [2.45, 2.75) is 6.54 Å². The first-order chi connectivity index (χ1) is 17.9. The second-order valence-corrected chi connectivity index (χ2v) is 8.62. The number of nitrogens with zero attached hydrogens (tertiary/aromatic N) is 3. The number of benzene rings is 3. The summed E-state index contributed by atoms with van der Waals surface area (Å²) in [6.07, 6.45) is 5.24. The molecule has 4 rings (SSSR count). The predicted molar refractivity (Wildman–Crippen MR) is 144 cm³/mol. The molecule has 0 N–H and O–H groups in total. The molecule has 0 aliphatic carbocycles. The number of ether oxygens (including phenoxy) is 2. The first kappa shape index (κ1) is 25.4. The van der Waals surface area contributed by atoms with Gasteiger partial charge in [-0.15, -0.1) is 0 Å². The van der Waals surface area contributed by atoms with Crippen molar-refractivity contribution in [2.75, 3.05) is 27.8 Å². The van der Waals surface area contributed by atoms with Crippen LogP contribution in [0.25, 0.3) is 17.3 Å². The largest absolute Gasteiger partial charge is 0.496 e. The molecular weight excluding hydrogens is 466 g/mol. The maximum Gasteiger partial charge on any atom is 0.259 e. The molecule has 7 nitrogen and oxygen atoms in total. The second-order valence-electron chi connectivity index (χ2n) is 8.62. The van der Waals surface area contributed by atoms with Gasteiger partial charge >= 0.3 is 0 Å². The van der Waals surface area contributed by atoms with Crippen LogP contribution in [0.1, 0.15) is 21.5 Å². The van der Waals surface area contributed by atoms with Crippen molar-refractivity contribution in [1.29, 1.82) is 0 Å². The van der Waals surface area contributed by atoms with Gasteiger partial charge in [0, 0.05) is 37.0 Å². The van der Waals surface area contributed by atoms with Gasteiger partial charge in [-0.2, -0.15) is 5.10 Å². The Morgan fingerprint density at radius 3 is 2.35 bits per heavy atom. The van der Waals surface area contributed by atoms with E-state index in [4.69, 9.17) is 14.6 Å². The van der Waals surface area contributed by atoms with E-state index < -0.39 is 0 Å². The fraction of sp³-hybridized carbons (Fsp3) is 0.167. The molecule has 1 aromatic heterocycles. The van der Waals surface area contributed by atoms with E-state index in [1.165, 1.54) is 11.0 Å². The molecule has 4 aromatic rings. The summed E-state index contributed by atoms with van der Waals surface area (Å²) in [7, 11) is 4.97. The van der Waals surface area contributed by atoms with Crippen LogP contribution in [-0.4, -0.2) is 54.2 Å². The lowest BCUT2D eigenvalue weighted by molar-refractivity contribution is -0.130. The number of allylic oxidation sites excluding steroid dienone is 1. The summed E-state index contributed by atoms with van der Waals surface area (Å²) in [5, 5.41) is 4.82. The van der Waals surface area contributed by atoms with Crippen LogP contribution in [0, 0.1) is 0 Å². The number of hydrogen-bond donors (Lipinski definition) is 0. The number of rotatable bonds is 10. The molecule has 0 fully saturated rings. The van der Waals surface area contributed by atoms with Gasteiger partial charge in [0.2, 0.25) is 0 Å². The predicted octanol–water partition coefficient (Wildman–Crippen LogP) is 4.97. The van der Waals surface area contributed by atoms with E-state index in [0.29, 0.717) is 23.6 Å². The SMILES string of the molecule is COc1ccccc1-c1nn(Cc2ccccc2)cc1C=CC(=O)c1ccc(OCC(=O)N(C)C)cc1. The Morgan fingerprint density at radius 2 is 1.65 bits per heavy atom. The van der Waals surface area contributed by atoms with Crippen molar-refractivity contribution in [3.63, 3.8) is 0 Å². The minimum Gasteiger partial charge on any atom is -0.496 e. The Hall–Kier alpha value is -4.65. The minimum absolute atomic E-state index is 0.0567. The van der Waals surface area contributed by atoms with Crippen LogP contribution >= 0.6 is 0 Å². The molecule has 0 unspecified atom stereocenters. The minimum atomic E-state index is -0.155. The van der Waals surface area contributed by atoms with E-state index in [1.54, 1.807) is 51.5 Å². The van der Waals surface area contributed by atoms with Gasteiger partial charge in [-0.1, -0.05) is 42.5 Å². The zero-order chi connectivity index (χ0) is 26.2. The number of amides is 1. The van der Waals surface area contributed by atoms with E-state index in [-0.39, 0.29) is 18.3 Å². The molecule has 0 aliphatic rings. The van der Waals surface area contributed by atoms with E-state index in [2.05, 4.69) is 0 Å². The Labute approximate surface area is 216 Å². The van der Waals surface area contributed by atoms with Crippen LogP contribution in [-0.2, 0) is 11.3 Å². The summed E-state index contributed by atoms with van der Waals surface area (Å²) in [6.45, 7) is 0.543. The molecule has 0 saturated heterocycles. The lowest BCUT2D eigenvalue weighted by atomic mass is 10.1. The summed E-state index contributed by atoms with van der Waals surface area (Å²) in [5.74, 6) is 0.938. The number of likely N-dealkylation sites (N-methyl/N-ethyl adjacent to an activating group) is 1. The molecule has 1 heterocycles. The van der Waals surface area contributed by atoms with Gasteiger partial charge in [-0.05, 0) is 54.1 Å². The maximum absolute atomic E-state index is 12.9. The van der Waals surface area contributed by atoms with Crippen LogP contribution in [0.2, 0.25) is 0 Å². The summed E-state index contributed by atoms with van der Waals surface area (Å²) < 4.78 is 12.9. The third kappa shape index (κ3) is 6.52. The lowest BCUT2D eigenvalue weighted by Gasteiger charge is -2.11. The molecule has 188 valence electrons. The van der Waals surface area contributed by atoms with Crippen molar-refractivity contribution in [3.05, 3.63) is 108 Å². The van der Waals surface area contributed by atoms with E-state index in [0.717, 1.165) is 22.4 Å². The third-order valence-electron chi connectivity index (χ3n) is 5.75. The van der Waals surface area contributed by atoms with Gasteiger partial charge < -0.3 is 14.4 Å². The zero-order valence-corrected chi connectivity index (χ0v) is 21.1. The van der Waals surface area contributed by atoms with Gasteiger partial charge in [0.25, 0.3) is 5.91 Å². The molecule has 0 radical (unpaired) electrons. The number of methoxy groups -OCH3 is 1. The molecule has 0 saturated carbocycles. The highest BCUT2D eigenvalue weighted by molar-refractivity contribution is 6.07. The molecular formula is C30H29N3O4. The monoisotopic (exact) mass is 495 g/mol. The third-order valence-corrected chi connectivity index (χ3v) is 5.75. The highest BCUT2D eigenvalue weighted by Crippen LogP contribution is 2.32. The van der Waals surface area contributed by atoms with Crippen LogP contribution in [0.15, 0.2) is 91.1 Å². The van der Waals surface area contributed by atoms with Crippen molar-refractivity contribution in [1.82, 2.24) is 14.7 Å². The van der Waals surface area contributed by atoms with E-state index in [9.17, 15) is 9.59 Å². The van der Waals surface area contributed by atoms with Crippen molar-refractivity contribution < 1.29 is 19.1 Å². The van der Waals surface area contributed by atoms with Gasteiger partial charge in [0.1, 0.15) is 17.2 Å². The number of carbonyl (C=O) groups is 2. The quantitative estimate of drug-likeness (QED) is 0.229. The Kier molecular flexibility index (Phi) is 8.15. The molecule has 3 aromatic carbocycles. The smallest absolute Gasteiger partial charge is 0.259 e. The summed E-state index contributed by atoms with van der Waals surface area (Å²) in [5.41, 5.74) is 4.01. The summed E-state index contributed by atoms with van der Waals surface area (Å²) >= 11 is 0. The van der Waals surface area contributed by atoms with Gasteiger partial charge in [0.15, 0.2) is 12.4 Å². The average Bonchev–Trinajstić information content (AvgIpc) is 3.33. The summed E-state index contributed by atoms with van der Waals surface area (Å²) in [6, 6.07) is 24.5. The zero-order valence-electron chi connectivity index (χ0n) is 21.1. The fourth-order valence-electron chi connectivity index (χ4n) is 3.71. The van der Waals surface area contributed by atoms with Crippen LogP contribution in [0.3, 0.4) is 0 Å². The molecule has 0 aliphatic heterocycles. The topological polar surface area (TPSA) is 73.7 Å². The van der Waals surface area contributed by atoms with Gasteiger partial charge in [-0.25, -0.2) is 0 Å². The highest BCUT2D eigenvalue weighted by Gasteiger charge is 2.14. The Morgan fingerprint density at radius 1 is 0.946 bits per heavy atom. The number of hydrogen-bond acceptors (Lipinski definition) is 5. The number of para-hydroxylation sites is 1. The first-order valence-corrected chi connectivity index (χ1v) is 11.8. The maximum atomic E-state index is 12.9. The van der Waals surface area contributed by atoms with Crippen LogP contribution in [0.5, 0.6) is 11.5 Å². The van der Waals surface area contributed by atoms with Crippen LogP contribution < -0.4 is 9.47 Å². The number of ketones is 1. The highest BCUT2D eigenvalue weighted by atomic mass is 16.5. The van der Waals surface area contributed by atoms with Crippen molar-refractivity contribution in [3.8, 4) is 22.8 Å². The normalized spacial score (nSPS) is 10.9. The van der Waals surface area contributed by atoms with Gasteiger partial charge in [0.05, 0.1) is 13.7 Å².